The first kappa shape index (κ1) is 11.0. The van der Waals surface area contributed by atoms with Crippen molar-refractivity contribution in [2.75, 3.05) is 13.7 Å². The van der Waals surface area contributed by atoms with Gasteiger partial charge < -0.3 is 15.6 Å². The highest BCUT2D eigenvalue weighted by molar-refractivity contribution is 5.33. The van der Waals surface area contributed by atoms with E-state index in [0.29, 0.717) is 18.8 Å². The summed E-state index contributed by atoms with van der Waals surface area (Å²) < 4.78 is 6.78. The van der Waals surface area contributed by atoms with Crippen LogP contribution in [-0.2, 0) is 7.05 Å². The van der Waals surface area contributed by atoms with Gasteiger partial charge in [0.1, 0.15) is 0 Å². The number of hydrogen-bond acceptors (Lipinski definition) is 4. The first-order valence-electron chi connectivity index (χ1n) is 4.57. The van der Waals surface area contributed by atoms with Gasteiger partial charge in [0.05, 0.1) is 24.5 Å². The Bertz CT molecular complexity index is 309. The first-order valence-corrected chi connectivity index (χ1v) is 4.57. The molecule has 1 atom stereocenters. The van der Waals surface area contributed by atoms with E-state index in [0.717, 1.165) is 11.3 Å². The van der Waals surface area contributed by atoms with Gasteiger partial charge in [0.2, 0.25) is 5.88 Å². The third kappa shape index (κ3) is 1.88. The highest BCUT2D eigenvalue weighted by Gasteiger charge is 2.20. The minimum Gasteiger partial charge on any atom is -0.481 e. The Morgan fingerprint density at radius 2 is 2.29 bits per heavy atom. The Labute approximate surface area is 83.5 Å². The topological polar surface area (TPSA) is 73.3 Å². The van der Waals surface area contributed by atoms with Crippen LogP contribution < -0.4 is 10.5 Å². The molecule has 3 N–H and O–H groups in total. The van der Waals surface area contributed by atoms with Crippen LogP contribution >= 0.6 is 0 Å². The Balaban J connectivity index is 3.04. The van der Waals surface area contributed by atoms with E-state index in [2.05, 4.69) is 5.10 Å². The van der Waals surface area contributed by atoms with E-state index in [4.69, 9.17) is 10.5 Å². The molecule has 0 bridgehead atoms. The number of nitrogens with two attached hydrogens (primary N) is 1. The number of aryl methyl sites for hydroxylation is 2. The van der Waals surface area contributed by atoms with Gasteiger partial charge in [0, 0.05) is 7.05 Å². The largest absolute Gasteiger partial charge is 0.481 e. The molecular weight excluding hydrogens is 182 g/mol. The SMILES string of the molecule is COc1c([C@H](O)CCN)c(C)nn1C. The molecule has 80 valence electrons. The van der Waals surface area contributed by atoms with Gasteiger partial charge in [-0.15, -0.1) is 0 Å². The predicted octanol–water partition coefficient (Wildman–Crippen LogP) is 0.119. The molecule has 0 spiro atoms. The fraction of sp³-hybridized carbons (Fsp3) is 0.667. The number of ether oxygens (including phenoxy) is 1. The number of aliphatic hydroxyl groups excluding tert-OH is 1. The number of nitrogens with zero attached hydrogens (tertiary/aromatic N) is 2. The van der Waals surface area contributed by atoms with E-state index in [9.17, 15) is 5.11 Å². The van der Waals surface area contributed by atoms with Gasteiger partial charge in [0.25, 0.3) is 0 Å². The van der Waals surface area contributed by atoms with E-state index < -0.39 is 6.10 Å². The van der Waals surface area contributed by atoms with E-state index in [1.807, 2.05) is 6.92 Å². The van der Waals surface area contributed by atoms with Crippen molar-refractivity contribution in [3.63, 3.8) is 0 Å². The van der Waals surface area contributed by atoms with Gasteiger partial charge in [0.15, 0.2) is 0 Å². The molecule has 5 heteroatoms. The zero-order valence-corrected chi connectivity index (χ0v) is 8.82. The molecule has 1 rings (SSSR count). The number of rotatable bonds is 4. The molecule has 0 aliphatic heterocycles. The summed E-state index contributed by atoms with van der Waals surface area (Å²) in [5, 5.41) is 14.0. The summed E-state index contributed by atoms with van der Waals surface area (Å²) in [5.74, 6) is 0.600. The second-order valence-electron chi connectivity index (χ2n) is 3.23. The predicted molar refractivity (Wildman–Crippen MR) is 53.1 cm³/mol. The maximum atomic E-state index is 9.81. The lowest BCUT2D eigenvalue weighted by Crippen LogP contribution is -2.08. The highest BCUT2D eigenvalue weighted by atomic mass is 16.5. The quantitative estimate of drug-likeness (QED) is 0.722. The fourth-order valence-electron chi connectivity index (χ4n) is 1.58. The van der Waals surface area contributed by atoms with Crippen LogP contribution in [0.1, 0.15) is 23.8 Å². The van der Waals surface area contributed by atoms with Gasteiger partial charge in [-0.2, -0.15) is 5.10 Å². The zero-order valence-electron chi connectivity index (χ0n) is 8.82. The van der Waals surface area contributed by atoms with Crippen LogP contribution in [0.15, 0.2) is 0 Å². The van der Waals surface area contributed by atoms with Crippen molar-refractivity contribution in [2.45, 2.75) is 19.4 Å². The Morgan fingerprint density at radius 3 is 2.79 bits per heavy atom. The molecule has 5 nitrogen and oxygen atoms in total. The molecule has 0 fully saturated rings. The average Bonchev–Trinajstić information content (AvgIpc) is 2.40. The molecule has 0 saturated heterocycles. The van der Waals surface area contributed by atoms with E-state index in [1.54, 1.807) is 18.8 Å². The molecule has 1 heterocycles. The van der Waals surface area contributed by atoms with Gasteiger partial charge in [-0.1, -0.05) is 0 Å². The second-order valence-corrected chi connectivity index (χ2v) is 3.23. The Morgan fingerprint density at radius 1 is 1.64 bits per heavy atom. The third-order valence-electron chi connectivity index (χ3n) is 2.18. The number of methoxy groups -OCH3 is 1. The van der Waals surface area contributed by atoms with Crippen molar-refractivity contribution < 1.29 is 9.84 Å². The molecule has 0 amide bonds. The lowest BCUT2D eigenvalue weighted by atomic mass is 10.1. The first-order chi connectivity index (χ1) is 6.61. The molecule has 0 radical (unpaired) electrons. The van der Waals surface area contributed by atoms with Gasteiger partial charge in [-0.05, 0) is 19.9 Å². The van der Waals surface area contributed by atoms with Crippen molar-refractivity contribution in [1.82, 2.24) is 9.78 Å². The normalized spacial score (nSPS) is 12.9. The van der Waals surface area contributed by atoms with Crippen LogP contribution in [0.5, 0.6) is 5.88 Å². The fourth-order valence-corrected chi connectivity index (χ4v) is 1.58. The van der Waals surface area contributed by atoms with Gasteiger partial charge in [-0.25, -0.2) is 4.68 Å². The highest BCUT2D eigenvalue weighted by Crippen LogP contribution is 2.29. The van der Waals surface area contributed by atoms with Crippen LogP contribution in [0, 0.1) is 6.92 Å². The van der Waals surface area contributed by atoms with Gasteiger partial charge >= 0.3 is 0 Å². The molecule has 0 aromatic carbocycles. The Hall–Kier alpha value is -1.07. The van der Waals surface area contributed by atoms with E-state index >= 15 is 0 Å². The molecular formula is C9H17N3O2. The van der Waals surface area contributed by atoms with Crippen molar-refractivity contribution >= 4 is 0 Å². The molecule has 0 aliphatic carbocycles. The van der Waals surface area contributed by atoms with Crippen molar-refractivity contribution in [1.29, 1.82) is 0 Å². The third-order valence-corrected chi connectivity index (χ3v) is 2.18. The maximum absolute atomic E-state index is 9.81. The van der Waals surface area contributed by atoms with Crippen molar-refractivity contribution in [3.05, 3.63) is 11.3 Å². The molecule has 14 heavy (non-hydrogen) atoms. The second kappa shape index (κ2) is 4.43. The summed E-state index contributed by atoms with van der Waals surface area (Å²) in [5.41, 5.74) is 6.91. The van der Waals surface area contributed by atoms with Gasteiger partial charge in [-0.3, -0.25) is 0 Å². The summed E-state index contributed by atoms with van der Waals surface area (Å²) in [6.45, 7) is 2.29. The monoisotopic (exact) mass is 199 g/mol. The number of aliphatic hydroxyl groups is 1. The van der Waals surface area contributed by atoms with Crippen LogP contribution in [0.25, 0.3) is 0 Å². The zero-order chi connectivity index (χ0) is 10.7. The van der Waals surface area contributed by atoms with Crippen LogP contribution in [0.4, 0.5) is 0 Å². The minimum absolute atomic E-state index is 0.443. The average molecular weight is 199 g/mol. The smallest absolute Gasteiger partial charge is 0.217 e. The number of aromatic nitrogens is 2. The maximum Gasteiger partial charge on any atom is 0.217 e. The minimum atomic E-state index is -0.594. The lowest BCUT2D eigenvalue weighted by Gasteiger charge is -2.10. The molecule has 0 unspecified atom stereocenters. The molecule has 1 aromatic rings. The standard InChI is InChI=1S/C9H17N3O2/c1-6-8(7(13)4-5-10)9(14-3)12(2)11-6/h7,13H,4-5,10H2,1-3H3/t7-/m1/s1. The summed E-state index contributed by atoms with van der Waals surface area (Å²) in [6, 6.07) is 0. The summed E-state index contributed by atoms with van der Waals surface area (Å²) in [6.07, 6.45) is -0.0771. The van der Waals surface area contributed by atoms with E-state index in [1.165, 1.54) is 0 Å². The Kier molecular flexibility index (Phi) is 3.49. The summed E-state index contributed by atoms with van der Waals surface area (Å²) in [4.78, 5) is 0. The lowest BCUT2D eigenvalue weighted by molar-refractivity contribution is 0.165. The van der Waals surface area contributed by atoms with Crippen molar-refractivity contribution in [2.24, 2.45) is 12.8 Å². The summed E-state index contributed by atoms with van der Waals surface area (Å²) >= 11 is 0. The van der Waals surface area contributed by atoms with Crippen LogP contribution in [0.3, 0.4) is 0 Å². The van der Waals surface area contributed by atoms with Crippen LogP contribution in [0.2, 0.25) is 0 Å². The van der Waals surface area contributed by atoms with E-state index in [-0.39, 0.29) is 0 Å². The summed E-state index contributed by atoms with van der Waals surface area (Å²) in [7, 11) is 3.35. The number of hydrogen-bond donors (Lipinski definition) is 2. The van der Waals surface area contributed by atoms with Crippen LogP contribution in [-0.4, -0.2) is 28.5 Å². The van der Waals surface area contributed by atoms with Crippen molar-refractivity contribution in [3.8, 4) is 5.88 Å². The molecule has 0 saturated carbocycles. The molecule has 1 aromatic heterocycles. The molecule has 0 aliphatic rings.